The molecule has 0 heterocycles. The Morgan fingerprint density at radius 1 is 0.552 bits per heavy atom. The van der Waals surface area contributed by atoms with Gasteiger partial charge in [0.2, 0.25) is 0 Å². The highest BCUT2D eigenvalue weighted by molar-refractivity contribution is 5.03. The van der Waals surface area contributed by atoms with E-state index in [1.165, 1.54) is 25.9 Å². The van der Waals surface area contributed by atoms with Crippen LogP contribution in [0.4, 0.5) is 0 Å². The van der Waals surface area contributed by atoms with Gasteiger partial charge in [-0.15, -0.1) is 0 Å². The van der Waals surface area contributed by atoms with Crippen molar-refractivity contribution in [2.75, 3.05) is 13.1 Å². The summed E-state index contributed by atoms with van der Waals surface area (Å²) in [6.45, 7) is 10.2. The van der Waals surface area contributed by atoms with Crippen LogP contribution < -0.4 is 0 Å². The van der Waals surface area contributed by atoms with E-state index in [2.05, 4.69) is 25.7 Å². The van der Waals surface area contributed by atoms with Crippen LogP contribution in [0.5, 0.6) is 0 Å². The highest BCUT2D eigenvalue weighted by Gasteiger charge is 2.52. The van der Waals surface area contributed by atoms with Crippen LogP contribution in [0.15, 0.2) is 0 Å². The maximum Gasteiger partial charge on any atom is 0.0125 e. The first kappa shape index (κ1) is 19.6. The van der Waals surface area contributed by atoms with Crippen molar-refractivity contribution in [3.63, 3.8) is 0 Å². The van der Waals surface area contributed by atoms with E-state index in [9.17, 15) is 0 Å². The molecule has 0 atom stereocenters. The molecule has 0 aromatic rings. The first-order valence-electron chi connectivity index (χ1n) is 13.5. The summed E-state index contributed by atoms with van der Waals surface area (Å²) in [6.07, 6.45) is 22.1. The molecule has 1 heteroatoms. The second-order valence-electron chi connectivity index (χ2n) is 14.5. The van der Waals surface area contributed by atoms with Crippen molar-refractivity contribution in [1.29, 1.82) is 0 Å². The molecule has 8 aliphatic rings. The fraction of sp³-hybridized carbons (Fsp3) is 1.00. The number of rotatable bonds is 6. The summed E-state index contributed by atoms with van der Waals surface area (Å²) in [7, 11) is 0. The van der Waals surface area contributed by atoms with Gasteiger partial charge < -0.3 is 0 Å². The van der Waals surface area contributed by atoms with E-state index in [1.54, 1.807) is 77.0 Å². The van der Waals surface area contributed by atoms with Crippen LogP contribution in [0.1, 0.15) is 111 Å². The van der Waals surface area contributed by atoms with E-state index in [-0.39, 0.29) is 0 Å². The smallest absolute Gasteiger partial charge is 0.0125 e. The second-order valence-corrected chi connectivity index (χ2v) is 14.5. The number of hydrogen-bond donors (Lipinski definition) is 0. The van der Waals surface area contributed by atoms with Crippen molar-refractivity contribution >= 4 is 0 Å². The van der Waals surface area contributed by atoms with Gasteiger partial charge in [-0.3, -0.25) is 4.90 Å². The van der Waals surface area contributed by atoms with Crippen molar-refractivity contribution < 1.29 is 0 Å². The molecule has 0 spiro atoms. The molecule has 0 aromatic carbocycles. The average molecular weight is 398 g/mol. The van der Waals surface area contributed by atoms with Crippen LogP contribution >= 0.6 is 0 Å². The molecule has 0 N–H and O–H groups in total. The van der Waals surface area contributed by atoms with E-state index in [4.69, 9.17) is 0 Å². The normalized spacial score (nSPS) is 50.1. The summed E-state index contributed by atoms with van der Waals surface area (Å²) in [5.41, 5.74) is 1.84. The summed E-state index contributed by atoms with van der Waals surface area (Å²) in [5.74, 6) is 6.65. The van der Waals surface area contributed by atoms with Gasteiger partial charge in [-0.05, 0) is 170 Å². The lowest BCUT2D eigenvalue weighted by molar-refractivity contribution is -0.0737. The molecule has 0 saturated heterocycles. The van der Waals surface area contributed by atoms with Crippen molar-refractivity contribution in [1.82, 2.24) is 4.90 Å². The van der Waals surface area contributed by atoms with E-state index < -0.39 is 0 Å². The minimum Gasteiger partial charge on any atom is -0.298 e. The third-order valence-corrected chi connectivity index (χ3v) is 11.1. The molecule has 8 rings (SSSR count). The molecule has 164 valence electrons. The first-order chi connectivity index (χ1) is 13.8. The Morgan fingerprint density at radius 2 is 0.828 bits per heavy atom. The molecule has 8 fully saturated rings. The minimum absolute atomic E-state index is 0.338. The standard InChI is InChI=1S/C28H47N/c1-26(2,3)29(6-4-27-14-20-8-21(15-27)10-22(9-20)16-27)7-5-28-17-23-11-24(18-28)13-25(12-23)19-28/h20-25H,4-19H2,1-3H3. The summed E-state index contributed by atoms with van der Waals surface area (Å²) in [4.78, 5) is 2.93. The van der Waals surface area contributed by atoms with E-state index in [0.29, 0.717) is 5.54 Å². The Hall–Kier alpha value is -0.0400. The van der Waals surface area contributed by atoms with Crippen LogP contribution in [0.3, 0.4) is 0 Å². The summed E-state index contributed by atoms with van der Waals surface area (Å²) in [6, 6.07) is 0. The van der Waals surface area contributed by atoms with Gasteiger partial charge in [0.15, 0.2) is 0 Å². The SMILES string of the molecule is CC(C)(C)N(CCC12CC3CC(CC(C3)C1)C2)CCC12CC3CC(CC(C3)C1)C2. The van der Waals surface area contributed by atoms with Crippen molar-refractivity contribution in [2.45, 2.75) is 116 Å². The van der Waals surface area contributed by atoms with Crippen LogP contribution in [-0.2, 0) is 0 Å². The van der Waals surface area contributed by atoms with Gasteiger partial charge >= 0.3 is 0 Å². The van der Waals surface area contributed by atoms with Gasteiger partial charge in [-0.25, -0.2) is 0 Å². The Kier molecular flexibility index (Phi) is 4.55. The first-order valence-corrected chi connectivity index (χ1v) is 13.5. The van der Waals surface area contributed by atoms with Crippen molar-refractivity contribution in [2.24, 2.45) is 46.3 Å². The maximum atomic E-state index is 2.93. The molecule has 8 saturated carbocycles. The quantitative estimate of drug-likeness (QED) is 0.454. The third kappa shape index (κ3) is 3.64. The summed E-state index contributed by atoms with van der Waals surface area (Å²) in [5, 5.41) is 0. The summed E-state index contributed by atoms with van der Waals surface area (Å²) >= 11 is 0. The molecule has 8 aliphatic carbocycles. The molecule has 0 amide bonds. The second kappa shape index (κ2) is 6.73. The van der Waals surface area contributed by atoms with E-state index >= 15 is 0 Å². The number of nitrogens with zero attached hydrogens (tertiary/aromatic N) is 1. The molecule has 0 unspecified atom stereocenters. The fourth-order valence-corrected chi connectivity index (χ4v) is 10.7. The van der Waals surface area contributed by atoms with Gasteiger partial charge in [0.1, 0.15) is 0 Å². The Bertz CT molecular complexity index is 506. The predicted octanol–water partition coefficient (Wildman–Crippen LogP) is 7.30. The predicted molar refractivity (Wildman–Crippen MR) is 122 cm³/mol. The Labute approximate surface area is 180 Å². The van der Waals surface area contributed by atoms with Crippen LogP contribution in [0.2, 0.25) is 0 Å². The minimum atomic E-state index is 0.338. The molecule has 0 aromatic heterocycles. The monoisotopic (exact) mass is 397 g/mol. The Morgan fingerprint density at radius 3 is 1.07 bits per heavy atom. The van der Waals surface area contributed by atoms with Gasteiger partial charge in [-0.2, -0.15) is 0 Å². The number of hydrogen-bond acceptors (Lipinski definition) is 1. The molecular formula is C28H47N. The fourth-order valence-electron chi connectivity index (χ4n) is 10.7. The highest BCUT2D eigenvalue weighted by atomic mass is 15.2. The molecule has 0 aliphatic heterocycles. The molecule has 29 heavy (non-hydrogen) atoms. The highest BCUT2D eigenvalue weighted by Crippen LogP contribution is 2.62. The zero-order valence-corrected chi connectivity index (χ0v) is 19.7. The van der Waals surface area contributed by atoms with Crippen LogP contribution in [-0.4, -0.2) is 23.5 Å². The van der Waals surface area contributed by atoms with E-state index in [1.807, 2.05) is 0 Å². The zero-order valence-electron chi connectivity index (χ0n) is 19.7. The molecule has 1 nitrogen and oxygen atoms in total. The largest absolute Gasteiger partial charge is 0.298 e. The third-order valence-electron chi connectivity index (χ3n) is 11.1. The lowest BCUT2D eigenvalue weighted by Gasteiger charge is -2.58. The lowest BCUT2D eigenvalue weighted by Crippen LogP contribution is -2.51. The maximum absolute atomic E-state index is 2.93. The van der Waals surface area contributed by atoms with Gasteiger partial charge in [0.05, 0.1) is 0 Å². The Balaban J connectivity index is 1.11. The van der Waals surface area contributed by atoms with E-state index in [0.717, 1.165) is 46.3 Å². The van der Waals surface area contributed by atoms with Crippen LogP contribution in [0.25, 0.3) is 0 Å². The lowest BCUT2D eigenvalue weighted by atomic mass is 9.48. The van der Waals surface area contributed by atoms with Crippen molar-refractivity contribution in [3.05, 3.63) is 0 Å². The van der Waals surface area contributed by atoms with Crippen LogP contribution in [0, 0.1) is 46.3 Å². The molecule has 8 bridgehead atoms. The van der Waals surface area contributed by atoms with Gasteiger partial charge in [-0.1, -0.05) is 0 Å². The van der Waals surface area contributed by atoms with Gasteiger partial charge in [0.25, 0.3) is 0 Å². The average Bonchev–Trinajstić information content (AvgIpc) is 2.58. The molecule has 0 radical (unpaired) electrons. The summed E-state index contributed by atoms with van der Waals surface area (Å²) < 4.78 is 0. The van der Waals surface area contributed by atoms with Gasteiger partial charge in [0, 0.05) is 5.54 Å². The topological polar surface area (TPSA) is 3.24 Å². The van der Waals surface area contributed by atoms with Crippen molar-refractivity contribution in [3.8, 4) is 0 Å². The molecular weight excluding hydrogens is 350 g/mol. The zero-order chi connectivity index (χ0) is 19.9.